The lowest BCUT2D eigenvalue weighted by Gasteiger charge is -2.44. The number of carbonyl (C=O) groups is 3. The first-order valence-electron chi connectivity index (χ1n) is 7.82. The molecule has 3 saturated carbocycles. The highest BCUT2D eigenvalue weighted by atomic mass is 16.7. The number of rotatable bonds is 4. The molecule has 2 bridgehead atoms. The summed E-state index contributed by atoms with van der Waals surface area (Å²) in [7, 11) is 2.55. The van der Waals surface area contributed by atoms with Crippen molar-refractivity contribution in [2.75, 3.05) is 20.8 Å². The van der Waals surface area contributed by atoms with Crippen molar-refractivity contribution in [1.29, 1.82) is 0 Å². The third-order valence-corrected chi connectivity index (χ3v) is 6.48. The number of hydrogen-bond acceptors (Lipinski definition) is 7. The first kappa shape index (κ1) is 13.7. The van der Waals surface area contributed by atoms with Gasteiger partial charge >= 0.3 is 11.9 Å². The van der Waals surface area contributed by atoms with Gasteiger partial charge in [0.2, 0.25) is 5.60 Å². The Balaban J connectivity index is 1.44. The van der Waals surface area contributed by atoms with Crippen molar-refractivity contribution < 1.29 is 33.3 Å². The molecule has 0 aromatic carbocycles. The summed E-state index contributed by atoms with van der Waals surface area (Å²) in [5, 5.41) is 2.53. The molecule has 8 atom stereocenters. The highest BCUT2D eigenvalue weighted by Crippen LogP contribution is 2.83. The lowest BCUT2D eigenvalue weighted by molar-refractivity contribution is -0.157. The third-order valence-electron chi connectivity index (χ3n) is 6.48. The summed E-state index contributed by atoms with van der Waals surface area (Å²) in [5.41, 5.74) is -2.39. The van der Waals surface area contributed by atoms with Crippen LogP contribution in [-0.2, 0) is 33.3 Å². The van der Waals surface area contributed by atoms with Gasteiger partial charge in [0.05, 0.1) is 26.4 Å². The van der Waals surface area contributed by atoms with Crippen LogP contribution in [0.1, 0.15) is 6.42 Å². The first-order valence-corrected chi connectivity index (χ1v) is 7.82. The van der Waals surface area contributed by atoms with E-state index in [1.165, 1.54) is 14.2 Å². The number of epoxide rings is 2. The van der Waals surface area contributed by atoms with Crippen LogP contribution in [-0.4, -0.2) is 62.0 Å². The number of nitrogens with one attached hydrogen (secondary N) is 1. The van der Waals surface area contributed by atoms with Gasteiger partial charge in [-0.25, -0.2) is 4.79 Å². The maximum atomic E-state index is 12.7. The number of carbonyl (C=O) groups excluding carboxylic acids is 3. The van der Waals surface area contributed by atoms with Crippen LogP contribution in [0.3, 0.4) is 0 Å². The van der Waals surface area contributed by atoms with Crippen LogP contribution in [0.2, 0.25) is 0 Å². The van der Waals surface area contributed by atoms with E-state index in [0.717, 1.165) is 6.42 Å². The Morgan fingerprint density at radius 2 is 1.74 bits per heavy atom. The van der Waals surface area contributed by atoms with Gasteiger partial charge in [0.15, 0.2) is 5.60 Å². The zero-order chi connectivity index (χ0) is 16.1. The number of hydrogen-bond donors (Lipinski definition) is 1. The van der Waals surface area contributed by atoms with E-state index in [9.17, 15) is 14.4 Å². The second kappa shape index (κ2) is 3.87. The number of esters is 2. The number of amides is 1. The van der Waals surface area contributed by atoms with Crippen molar-refractivity contribution in [3.8, 4) is 0 Å². The molecule has 2 saturated heterocycles. The van der Waals surface area contributed by atoms with Crippen molar-refractivity contribution >= 4 is 17.8 Å². The van der Waals surface area contributed by atoms with Gasteiger partial charge in [0.25, 0.3) is 5.91 Å². The maximum absolute atomic E-state index is 12.7. The van der Waals surface area contributed by atoms with Crippen LogP contribution in [0.15, 0.2) is 0 Å². The van der Waals surface area contributed by atoms with Crippen LogP contribution in [0, 0.1) is 23.7 Å². The number of methoxy groups -OCH3 is 2. The predicted molar refractivity (Wildman–Crippen MR) is 70.8 cm³/mol. The summed E-state index contributed by atoms with van der Waals surface area (Å²) in [6.07, 6.45) is 1.38. The van der Waals surface area contributed by atoms with Crippen molar-refractivity contribution in [2.45, 2.75) is 29.8 Å². The summed E-state index contributed by atoms with van der Waals surface area (Å²) in [6, 6.07) is 0. The topological polar surface area (TPSA) is 107 Å². The quantitative estimate of drug-likeness (QED) is 0.386. The standard InChI is InChI=1S/C15H17NO7/c1-20-7(17)4-16-12(18)14-8-5-3-6(11-10(5)22-11)9(8)15(14,23-14)13(19)21-2/h5-6,8-11H,3-4H2,1-2H3,(H,16,18)/t5-,6+,8+,9-,10-,11+,14+,15-/m1/s1. The minimum absolute atomic E-state index is 0.0208. The molecule has 124 valence electrons. The average Bonchev–Trinajstić information content (AvgIpc) is 3.39. The van der Waals surface area contributed by atoms with E-state index >= 15 is 0 Å². The molecule has 2 aliphatic heterocycles. The van der Waals surface area contributed by atoms with Crippen LogP contribution >= 0.6 is 0 Å². The van der Waals surface area contributed by atoms with E-state index in [1.54, 1.807) is 0 Å². The average molecular weight is 323 g/mol. The minimum atomic E-state index is -1.20. The van der Waals surface area contributed by atoms with Gasteiger partial charge in [-0.3, -0.25) is 9.59 Å². The van der Waals surface area contributed by atoms with E-state index < -0.39 is 29.0 Å². The summed E-state index contributed by atoms with van der Waals surface area (Å²) in [4.78, 5) is 36.3. The predicted octanol–water partition coefficient (Wildman–Crippen LogP) is -1.38. The monoisotopic (exact) mass is 323 g/mol. The molecule has 0 radical (unpaired) electrons. The molecule has 5 rings (SSSR count). The molecule has 3 aliphatic carbocycles. The molecule has 2 heterocycles. The molecule has 0 aromatic rings. The number of fused-ring (bicyclic) bond motifs is 11. The van der Waals surface area contributed by atoms with Crippen molar-refractivity contribution in [3.05, 3.63) is 0 Å². The summed E-state index contributed by atoms with van der Waals surface area (Å²) in [5.74, 6) is -1.03. The lowest BCUT2D eigenvalue weighted by Crippen LogP contribution is -2.67. The van der Waals surface area contributed by atoms with Crippen molar-refractivity contribution in [3.63, 3.8) is 0 Å². The Hall–Kier alpha value is -1.67. The fraction of sp³-hybridized carbons (Fsp3) is 0.800. The fourth-order valence-electron chi connectivity index (χ4n) is 5.72. The second-order valence-electron chi connectivity index (χ2n) is 7.00. The van der Waals surface area contributed by atoms with E-state index in [0.29, 0.717) is 0 Å². The Morgan fingerprint density at radius 1 is 1.09 bits per heavy atom. The van der Waals surface area contributed by atoms with Gasteiger partial charge in [-0.15, -0.1) is 0 Å². The minimum Gasteiger partial charge on any atom is -0.468 e. The molecule has 1 N–H and O–H groups in total. The van der Waals surface area contributed by atoms with E-state index in [-0.39, 0.29) is 42.4 Å². The van der Waals surface area contributed by atoms with Crippen LogP contribution in [0.5, 0.6) is 0 Å². The van der Waals surface area contributed by atoms with Crippen LogP contribution in [0.25, 0.3) is 0 Å². The van der Waals surface area contributed by atoms with Crippen molar-refractivity contribution in [2.24, 2.45) is 23.7 Å². The smallest absolute Gasteiger partial charge is 0.342 e. The summed E-state index contributed by atoms with van der Waals surface area (Å²) < 4.78 is 20.9. The van der Waals surface area contributed by atoms with Gasteiger partial charge in [-0.2, -0.15) is 0 Å². The fourth-order valence-corrected chi connectivity index (χ4v) is 5.72. The van der Waals surface area contributed by atoms with Crippen molar-refractivity contribution in [1.82, 2.24) is 5.32 Å². The molecular weight excluding hydrogens is 306 g/mol. The van der Waals surface area contributed by atoms with E-state index in [1.807, 2.05) is 0 Å². The second-order valence-corrected chi connectivity index (χ2v) is 7.00. The van der Waals surface area contributed by atoms with Gasteiger partial charge in [-0.1, -0.05) is 0 Å². The number of ether oxygens (including phenoxy) is 4. The van der Waals surface area contributed by atoms with Gasteiger partial charge in [-0.05, 0) is 18.3 Å². The molecule has 5 aliphatic rings. The van der Waals surface area contributed by atoms with Gasteiger partial charge in [0, 0.05) is 11.8 Å². The largest absolute Gasteiger partial charge is 0.468 e. The van der Waals surface area contributed by atoms with Crippen LogP contribution in [0.4, 0.5) is 0 Å². The lowest BCUT2D eigenvalue weighted by atomic mass is 9.51. The Kier molecular flexibility index (Phi) is 2.31. The zero-order valence-corrected chi connectivity index (χ0v) is 12.7. The zero-order valence-electron chi connectivity index (χ0n) is 12.7. The SMILES string of the molecule is COC(=O)CNC(=O)[C@]12O[C@@]1(C(=O)OC)[C@@H]1[C@@H]3C[C@@H]([C@H]4O[C@@H]34)[C@@H]12. The first-order chi connectivity index (χ1) is 11.0. The molecule has 5 fully saturated rings. The Bertz CT molecular complexity index is 650. The Morgan fingerprint density at radius 3 is 2.35 bits per heavy atom. The third kappa shape index (κ3) is 1.24. The van der Waals surface area contributed by atoms with Crippen LogP contribution < -0.4 is 5.32 Å². The van der Waals surface area contributed by atoms with Gasteiger partial charge in [0.1, 0.15) is 6.54 Å². The molecule has 8 nitrogen and oxygen atoms in total. The molecule has 0 aromatic heterocycles. The summed E-state index contributed by atoms with van der Waals surface area (Å²) >= 11 is 0. The molecule has 8 heteroatoms. The highest BCUT2D eigenvalue weighted by molar-refractivity contribution is 6.05. The molecular formula is C15H17NO7. The van der Waals surface area contributed by atoms with E-state index in [4.69, 9.17) is 14.2 Å². The molecule has 0 unspecified atom stereocenters. The van der Waals surface area contributed by atoms with E-state index in [2.05, 4.69) is 10.1 Å². The van der Waals surface area contributed by atoms with Gasteiger partial charge < -0.3 is 24.3 Å². The highest BCUT2D eigenvalue weighted by Gasteiger charge is 3.00. The summed E-state index contributed by atoms with van der Waals surface area (Å²) in [6.45, 7) is -0.244. The Labute approximate surface area is 131 Å². The maximum Gasteiger partial charge on any atom is 0.342 e. The molecule has 23 heavy (non-hydrogen) atoms. The normalized spacial score (nSPS) is 52.4. The molecule has 0 spiro atoms. The molecule has 1 amide bonds.